The molecule has 0 saturated heterocycles. The van der Waals surface area contributed by atoms with Gasteiger partial charge in [-0.1, -0.05) is 0 Å². The van der Waals surface area contributed by atoms with Crippen molar-refractivity contribution in [2.75, 3.05) is 13.2 Å². The molecule has 19 heavy (non-hydrogen) atoms. The van der Waals surface area contributed by atoms with E-state index in [1.807, 2.05) is 0 Å². The van der Waals surface area contributed by atoms with Crippen LogP contribution >= 0.6 is 12.4 Å². The maximum atomic E-state index is 12.1. The lowest BCUT2D eigenvalue weighted by Crippen LogP contribution is -2.16. The van der Waals surface area contributed by atoms with E-state index in [1.165, 1.54) is 0 Å². The van der Waals surface area contributed by atoms with Gasteiger partial charge in [-0.3, -0.25) is 4.79 Å². The molecule has 0 saturated carbocycles. The quantitative estimate of drug-likeness (QED) is 0.807. The molecule has 1 aromatic carbocycles. The van der Waals surface area contributed by atoms with Gasteiger partial charge in [0.15, 0.2) is 17.3 Å². The molecule has 0 atom stereocenters. The van der Waals surface area contributed by atoms with E-state index >= 15 is 0 Å². The van der Waals surface area contributed by atoms with Crippen molar-refractivity contribution in [3.63, 3.8) is 0 Å². The molecule has 0 aliphatic carbocycles. The monoisotopic (exact) mass is 280 g/mol. The first-order chi connectivity index (χ1) is 8.83. The number of fused-ring (bicyclic) bond motifs is 1. The summed E-state index contributed by atoms with van der Waals surface area (Å²) in [5.41, 5.74) is 0.618. The van der Waals surface area contributed by atoms with Gasteiger partial charge in [0.25, 0.3) is 0 Å². The minimum atomic E-state index is 0. The fraction of sp³-hybridized carbons (Fsp3) is 0.231. The van der Waals surface area contributed by atoms with Crippen LogP contribution in [0.4, 0.5) is 0 Å². The number of benzene rings is 1. The Hall–Kier alpha value is -2.01. The zero-order valence-electron chi connectivity index (χ0n) is 10.1. The molecule has 5 nitrogen and oxygen atoms in total. The van der Waals surface area contributed by atoms with Crippen LogP contribution in [0, 0.1) is 0 Å². The van der Waals surface area contributed by atoms with E-state index in [4.69, 9.17) is 9.47 Å². The molecule has 0 fully saturated rings. The van der Waals surface area contributed by atoms with Crippen LogP contribution in [-0.4, -0.2) is 28.5 Å². The minimum Gasteiger partial charge on any atom is -0.486 e. The normalized spacial score (nSPS) is 12.6. The number of ether oxygens (including phenoxy) is 2. The van der Waals surface area contributed by atoms with Crippen molar-refractivity contribution in [2.24, 2.45) is 0 Å². The van der Waals surface area contributed by atoms with Crippen LogP contribution in [0.2, 0.25) is 0 Å². The highest BCUT2D eigenvalue weighted by Gasteiger charge is 2.14. The Morgan fingerprint density at radius 2 is 2.05 bits per heavy atom. The average Bonchev–Trinajstić information content (AvgIpc) is 2.91. The summed E-state index contributed by atoms with van der Waals surface area (Å²) in [4.78, 5) is 16.0. The summed E-state index contributed by atoms with van der Waals surface area (Å²) < 4.78 is 12.6. The summed E-state index contributed by atoms with van der Waals surface area (Å²) in [6, 6.07) is 5.26. The highest BCUT2D eigenvalue weighted by atomic mass is 35.5. The first kappa shape index (κ1) is 13.4. The predicted octanol–water partition coefficient (Wildman–Crippen LogP) is 1.96. The smallest absolute Gasteiger partial charge is 0.182 e. The summed E-state index contributed by atoms with van der Waals surface area (Å²) in [7, 11) is 0. The molecule has 2 heterocycles. The Morgan fingerprint density at radius 3 is 2.79 bits per heavy atom. The molecule has 6 heteroatoms. The van der Waals surface area contributed by atoms with Crippen LogP contribution < -0.4 is 9.47 Å². The van der Waals surface area contributed by atoms with E-state index in [-0.39, 0.29) is 24.7 Å². The van der Waals surface area contributed by atoms with Gasteiger partial charge in [0.1, 0.15) is 13.2 Å². The molecule has 0 bridgehead atoms. The van der Waals surface area contributed by atoms with Crippen LogP contribution in [0.1, 0.15) is 10.4 Å². The lowest BCUT2D eigenvalue weighted by Gasteiger charge is -2.18. The number of rotatable bonds is 3. The fourth-order valence-electron chi connectivity index (χ4n) is 1.85. The number of halogens is 1. The van der Waals surface area contributed by atoms with Gasteiger partial charge in [0.2, 0.25) is 0 Å². The van der Waals surface area contributed by atoms with Crippen molar-refractivity contribution in [2.45, 2.75) is 6.54 Å². The zero-order chi connectivity index (χ0) is 12.4. The number of carbonyl (C=O) groups is 1. The Kier molecular flexibility index (Phi) is 4.06. The molecule has 1 aliphatic rings. The van der Waals surface area contributed by atoms with Crippen LogP contribution in [0.15, 0.2) is 36.9 Å². The second kappa shape index (κ2) is 5.75. The van der Waals surface area contributed by atoms with Crippen LogP contribution in [0.3, 0.4) is 0 Å². The van der Waals surface area contributed by atoms with E-state index < -0.39 is 0 Å². The van der Waals surface area contributed by atoms with Crippen molar-refractivity contribution in [1.82, 2.24) is 9.55 Å². The molecular formula is C13H13ClN2O3. The lowest BCUT2D eigenvalue weighted by molar-refractivity contribution is 0.0971. The Bertz CT molecular complexity index is 569. The lowest BCUT2D eigenvalue weighted by atomic mass is 10.1. The average molecular weight is 281 g/mol. The van der Waals surface area contributed by atoms with Gasteiger partial charge in [-0.2, -0.15) is 0 Å². The molecule has 0 unspecified atom stereocenters. The second-order valence-electron chi connectivity index (χ2n) is 4.02. The van der Waals surface area contributed by atoms with Crippen LogP contribution in [0.5, 0.6) is 11.5 Å². The zero-order valence-corrected chi connectivity index (χ0v) is 10.9. The van der Waals surface area contributed by atoms with E-state index in [0.29, 0.717) is 30.3 Å². The molecule has 0 amide bonds. The highest BCUT2D eigenvalue weighted by molar-refractivity contribution is 5.96. The molecular weight excluding hydrogens is 268 g/mol. The summed E-state index contributed by atoms with van der Waals surface area (Å²) in [5.74, 6) is 1.35. The molecule has 2 aromatic rings. The van der Waals surface area contributed by atoms with E-state index in [1.54, 1.807) is 41.5 Å². The molecule has 3 rings (SSSR count). The van der Waals surface area contributed by atoms with Crippen molar-refractivity contribution in [3.8, 4) is 11.5 Å². The van der Waals surface area contributed by atoms with E-state index in [2.05, 4.69) is 4.98 Å². The molecule has 0 N–H and O–H groups in total. The summed E-state index contributed by atoms with van der Waals surface area (Å²) in [6.07, 6.45) is 5.03. The highest BCUT2D eigenvalue weighted by Crippen LogP contribution is 2.30. The summed E-state index contributed by atoms with van der Waals surface area (Å²) in [5, 5.41) is 0. The first-order valence-corrected chi connectivity index (χ1v) is 5.71. The SMILES string of the molecule is Cl.O=C(Cn1ccnc1)c1ccc2c(c1)OCCO2. The minimum absolute atomic E-state index is 0. The second-order valence-corrected chi connectivity index (χ2v) is 4.02. The van der Waals surface area contributed by atoms with Crippen molar-refractivity contribution < 1.29 is 14.3 Å². The van der Waals surface area contributed by atoms with Gasteiger partial charge in [-0.25, -0.2) is 4.98 Å². The van der Waals surface area contributed by atoms with Crippen molar-refractivity contribution in [3.05, 3.63) is 42.5 Å². The topological polar surface area (TPSA) is 53.4 Å². The van der Waals surface area contributed by atoms with Gasteiger partial charge >= 0.3 is 0 Å². The molecule has 1 aliphatic heterocycles. The van der Waals surface area contributed by atoms with E-state index in [9.17, 15) is 4.79 Å². The number of Topliss-reactive ketones (excluding diaryl/α,β-unsaturated/α-hetero) is 1. The number of hydrogen-bond donors (Lipinski definition) is 0. The summed E-state index contributed by atoms with van der Waals surface area (Å²) >= 11 is 0. The van der Waals surface area contributed by atoms with Gasteiger partial charge in [0, 0.05) is 18.0 Å². The van der Waals surface area contributed by atoms with E-state index in [0.717, 1.165) is 0 Å². The van der Waals surface area contributed by atoms with Crippen molar-refractivity contribution >= 4 is 18.2 Å². The number of carbonyl (C=O) groups excluding carboxylic acids is 1. The third-order valence-electron chi connectivity index (χ3n) is 2.75. The maximum Gasteiger partial charge on any atom is 0.182 e. The molecule has 0 spiro atoms. The number of nitrogens with zero attached hydrogens (tertiary/aromatic N) is 2. The first-order valence-electron chi connectivity index (χ1n) is 5.71. The third kappa shape index (κ3) is 2.88. The number of aromatic nitrogens is 2. The fourth-order valence-corrected chi connectivity index (χ4v) is 1.85. The van der Waals surface area contributed by atoms with Gasteiger partial charge in [-0.05, 0) is 18.2 Å². The largest absolute Gasteiger partial charge is 0.486 e. The van der Waals surface area contributed by atoms with Crippen LogP contribution in [-0.2, 0) is 6.54 Å². The number of ketones is 1. The van der Waals surface area contributed by atoms with Gasteiger partial charge < -0.3 is 14.0 Å². The van der Waals surface area contributed by atoms with Gasteiger partial charge in [0.05, 0.1) is 12.9 Å². The number of hydrogen-bond acceptors (Lipinski definition) is 4. The number of imidazole rings is 1. The third-order valence-corrected chi connectivity index (χ3v) is 2.75. The Morgan fingerprint density at radius 1 is 1.26 bits per heavy atom. The van der Waals surface area contributed by atoms with Crippen LogP contribution in [0.25, 0.3) is 0 Å². The standard InChI is InChI=1S/C13H12N2O3.ClH/c16-11(8-15-4-3-14-9-15)10-1-2-12-13(7-10)18-6-5-17-12;/h1-4,7,9H,5-6,8H2;1H. The van der Waals surface area contributed by atoms with Crippen molar-refractivity contribution in [1.29, 1.82) is 0 Å². The van der Waals surface area contributed by atoms with Gasteiger partial charge in [-0.15, -0.1) is 12.4 Å². The Labute approximate surface area is 116 Å². The molecule has 100 valence electrons. The predicted molar refractivity (Wildman–Crippen MR) is 71.2 cm³/mol. The summed E-state index contributed by atoms with van der Waals surface area (Å²) in [6.45, 7) is 1.35. The Balaban J connectivity index is 0.00000133. The molecule has 0 radical (unpaired) electrons. The molecule has 1 aromatic heterocycles. The maximum absolute atomic E-state index is 12.1.